The second-order valence-electron chi connectivity index (χ2n) is 4.63. The summed E-state index contributed by atoms with van der Waals surface area (Å²) in [6, 6.07) is 15.1. The summed E-state index contributed by atoms with van der Waals surface area (Å²) >= 11 is 5.86. The minimum absolute atomic E-state index is 0.518. The van der Waals surface area contributed by atoms with Crippen LogP contribution in [0.1, 0.15) is 11.1 Å². The largest absolute Gasteiger partial charge is 0.497 e. The maximum Gasteiger partial charge on any atom is 0.119 e. The number of nitrogens with zero attached hydrogens (tertiary/aromatic N) is 1. The number of hydrogen-bond donors (Lipinski definition) is 1. The van der Waals surface area contributed by atoms with Crippen molar-refractivity contribution >= 4 is 17.3 Å². The van der Waals surface area contributed by atoms with Gasteiger partial charge in [-0.15, -0.1) is 0 Å². The molecule has 2 aromatic rings. The minimum atomic E-state index is 0.518. The van der Waals surface area contributed by atoms with Crippen LogP contribution in [-0.4, -0.2) is 20.3 Å². The van der Waals surface area contributed by atoms with Crippen molar-refractivity contribution in [3.8, 4) is 11.8 Å². The Morgan fingerprint density at radius 1 is 1.23 bits per heavy atom. The van der Waals surface area contributed by atoms with Gasteiger partial charge >= 0.3 is 0 Å². The summed E-state index contributed by atoms with van der Waals surface area (Å²) < 4.78 is 10.8. The van der Waals surface area contributed by atoms with Crippen molar-refractivity contribution in [2.75, 3.05) is 25.6 Å². The first kappa shape index (κ1) is 16.2. The molecule has 2 aromatic carbocycles. The van der Waals surface area contributed by atoms with Crippen molar-refractivity contribution in [2.45, 2.75) is 6.61 Å². The van der Waals surface area contributed by atoms with E-state index in [0.29, 0.717) is 30.3 Å². The standard InChI is InChI=1S/C17H17ClN2O2/c1-21-16-4-2-3-13(9-16)12-22-8-7-20-17-6-5-15(18)10-14(17)11-19/h2-6,9-10,20H,7-8,12H2,1H3. The van der Waals surface area contributed by atoms with Crippen molar-refractivity contribution in [1.29, 1.82) is 5.26 Å². The Morgan fingerprint density at radius 3 is 2.86 bits per heavy atom. The molecule has 114 valence electrons. The van der Waals surface area contributed by atoms with Gasteiger partial charge in [-0.2, -0.15) is 5.26 Å². The number of benzene rings is 2. The van der Waals surface area contributed by atoms with Crippen molar-refractivity contribution in [2.24, 2.45) is 0 Å². The number of hydrogen-bond acceptors (Lipinski definition) is 4. The van der Waals surface area contributed by atoms with Crippen LogP contribution in [-0.2, 0) is 11.3 Å². The molecule has 0 heterocycles. The van der Waals surface area contributed by atoms with Crippen molar-refractivity contribution in [3.05, 3.63) is 58.6 Å². The molecule has 0 atom stereocenters. The molecule has 0 radical (unpaired) electrons. The van der Waals surface area contributed by atoms with Crippen LogP contribution in [0.5, 0.6) is 5.75 Å². The molecule has 0 spiro atoms. The van der Waals surface area contributed by atoms with Gasteiger partial charge in [0.25, 0.3) is 0 Å². The van der Waals surface area contributed by atoms with Crippen LogP contribution in [0, 0.1) is 11.3 Å². The molecule has 5 heteroatoms. The van der Waals surface area contributed by atoms with E-state index in [1.54, 1.807) is 25.3 Å². The molecular weight excluding hydrogens is 300 g/mol. The zero-order valence-electron chi connectivity index (χ0n) is 12.3. The molecule has 0 aromatic heterocycles. The van der Waals surface area contributed by atoms with E-state index in [-0.39, 0.29) is 0 Å². The number of halogens is 1. The van der Waals surface area contributed by atoms with Gasteiger partial charge in [-0.05, 0) is 35.9 Å². The van der Waals surface area contributed by atoms with Gasteiger partial charge in [-0.3, -0.25) is 0 Å². The highest BCUT2D eigenvalue weighted by molar-refractivity contribution is 6.30. The van der Waals surface area contributed by atoms with Crippen LogP contribution >= 0.6 is 11.6 Å². The molecule has 2 rings (SSSR count). The Balaban J connectivity index is 1.77. The second kappa shape index (κ2) is 8.28. The molecule has 0 aliphatic carbocycles. The summed E-state index contributed by atoms with van der Waals surface area (Å²) in [5.74, 6) is 0.819. The Morgan fingerprint density at radius 2 is 2.09 bits per heavy atom. The first-order valence-corrected chi connectivity index (χ1v) is 7.25. The fourth-order valence-electron chi connectivity index (χ4n) is 1.97. The molecule has 0 aliphatic heterocycles. The third kappa shape index (κ3) is 4.66. The van der Waals surface area contributed by atoms with Gasteiger partial charge in [-0.25, -0.2) is 0 Å². The fraction of sp³-hybridized carbons (Fsp3) is 0.235. The molecular formula is C17H17ClN2O2. The van der Waals surface area contributed by atoms with Gasteiger partial charge in [0.15, 0.2) is 0 Å². The maximum absolute atomic E-state index is 9.05. The fourth-order valence-corrected chi connectivity index (χ4v) is 2.15. The molecule has 4 nitrogen and oxygen atoms in total. The van der Waals surface area contributed by atoms with Crippen molar-refractivity contribution in [1.82, 2.24) is 0 Å². The van der Waals surface area contributed by atoms with Crippen molar-refractivity contribution in [3.63, 3.8) is 0 Å². The zero-order chi connectivity index (χ0) is 15.8. The number of ether oxygens (including phenoxy) is 2. The lowest BCUT2D eigenvalue weighted by molar-refractivity contribution is 0.130. The van der Waals surface area contributed by atoms with E-state index in [1.165, 1.54) is 0 Å². The number of methoxy groups -OCH3 is 1. The van der Waals surface area contributed by atoms with Gasteiger partial charge in [0, 0.05) is 11.6 Å². The van der Waals surface area contributed by atoms with Gasteiger partial charge in [0.05, 0.1) is 31.6 Å². The van der Waals surface area contributed by atoms with Gasteiger partial charge < -0.3 is 14.8 Å². The molecule has 0 bridgehead atoms. The number of rotatable bonds is 7. The minimum Gasteiger partial charge on any atom is -0.497 e. The maximum atomic E-state index is 9.05. The molecule has 0 amide bonds. The lowest BCUT2D eigenvalue weighted by atomic mass is 10.2. The lowest BCUT2D eigenvalue weighted by Gasteiger charge is -2.09. The molecule has 0 aliphatic rings. The van der Waals surface area contributed by atoms with Crippen LogP contribution in [0.25, 0.3) is 0 Å². The van der Waals surface area contributed by atoms with Gasteiger partial charge in [-0.1, -0.05) is 23.7 Å². The summed E-state index contributed by atoms with van der Waals surface area (Å²) in [5, 5.41) is 12.8. The first-order chi connectivity index (χ1) is 10.7. The second-order valence-corrected chi connectivity index (χ2v) is 5.07. The normalized spacial score (nSPS) is 10.0. The van der Waals surface area contributed by atoms with E-state index in [1.807, 2.05) is 24.3 Å². The predicted molar refractivity (Wildman–Crippen MR) is 87.3 cm³/mol. The molecule has 1 N–H and O–H groups in total. The average molecular weight is 317 g/mol. The monoisotopic (exact) mass is 316 g/mol. The Labute approximate surface area is 135 Å². The molecule has 0 unspecified atom stereocenters. The first-order valence-electron chi connectivity index (χ1n) is 6.87. The molecule has 22 heavy (non-hydrogen) atoms. The van der Waals surface area contributed by atoms with Crippen LogP contribution in [0.2, 0.25) is 5.02 Å². The summed E-state index contributed by atoms with van der Waals surface area (Å²) in [4.78, 5) is 0. The Bertz CT molecular complexity index is 668. The SMILES string of the molecule is COc1cccc(COCCNc2ccc(Cl)cc2C#N)c1. The Kier molecular flexibility index (Phi) is 6.08. The third-order valence-electron chi connectivity index (χ3n) is 3.07. The molecule has 0 saturated carbocycles. The van der Waals surface area contributed by atoms with E-state index < -0.39 is 0 Å². The summed E-state index contributed by atoms with van der Waals surface area (Å²) in [6.45, 7) is 1.66. The topological polar surface area (TPSA) is 54.3 Å². The van der Waals surface area contributed by atoms with Crippen LogP contribution in [0.4, 0.5) is 5.69 Å². The molecule has 0 saturated heterocycles. The number of nitrogens with one attached hydrogen (secondary N) is 1. The average Bonchev–Trinajstić information content (AvgIpc) is 2.55. The van der Waals surface area contributed by atoms with Crippen LogP contribution in [0.15, 0.2) is 42.5 Å². The van der Waals surface area contributed by atoms with Crippen molar-refractivity contribution < 1.29 is 9.47 Å². The van der Waals surface area contributed by atoms with E-state index in [4.69, 9.17) is 26.3 Å². The zero-order valence-corrected chi connectivity index (χ0v) is 13.1. The van der Waals surface area contributed by atoms with E-state index in [2.05, 4.69) is 11.4 Å². The van der Waals surface area contributed by atoms with Gasteiger partial charge in [0.1, 0.15) is 11.8 Å². The van der Waals surface area contributed by atoms with Gasteiger partial charge in [0.2, 0.25) is 0 Å². The molecule has 0 fully saturated rings. The summed E-state index contributed by atoms with van der Waals surface area (Å²) in [7, 11) is 1.64. The van der Waals surface area contributed by atoms with Crippen LogP contribution < -0.4 is 10.1 Å². The highest BCUT2D eigenvalue weighted by Gasteiger charge is 2.02. The summed E-state index contributed by atoms with van der Waals surface area (Å²) in [5.41, 5.74) is 2.35. The number of nitriles is 1. The Hall–Kier alpha value is -2.22. The highest BCUT2D eigenvalue weighted by atomic mass is 35.5. The predicted octanol–water partition coefficient (Wildman–Crippen LogP) is 3.85. The number of anilines is 1. The smallest absolute Gasteiger partial charge is 0.119 e. The summed E-state index contributed by atoms with van der Waals surface area (Å²) in [6.07, 6.45) is 0. The van der Waals surface area contributed by atoms with E-state index >= 15 is 0 Å². The van der Waals surface area contributed by atoms with E-state index in [0.717, 1.165) is 17.0 Å². The van der Waals surface area contributed by atoms with Crippen LogP contribution in [0.3, 0.4) is 0 Å². The highest BCUT2D eigenvalue weighted by Crippen LogP contribution is 2.19. The van der Waals surface area contributed by atoms with E-state index in [9.17, 15) is 0 Å². The lowest BCUT2D eigenvalue weighted by Crippen LogP contribution is -2.10. The third-order valence-corrected chi connectivity index (χ3v) is 3.30. The quantitative estimate of drug-likeness (QED) is 0.788.